The number of nitrogens with zero attached hydrogens (tertiary/aromatic N) is 3. The molecule has 0 saturated carbocycles. The second-order valence-electron chi connectivity index (χ2n) is 5.10. The summed E-state index contributed by atoms with van der Waals surface area (Å²) in [5.41, 5.74) is 7.08. The Morgan fingerprint density at radius 1 is 1.56 bits per heavy atom. The summed E-state index contributed by atoms with van der Waals surface area (Å²) in [6, 6.07) is 0. The van der Waals surface area contributed by atoms with Crippen LogP contribution in [-0.2, 0) is 7.05 Å². The number of aliphatic hydroxyl groups excluding tert-OH is 1. The molecule has 2 heterocycles. The normalized spacial score (nSPS) is 24.3. The number of aryl methyl sites for hydroxylation is 2. The van der Waals surface area contributed by atoms with Gasteiger partial charge in [-0.15, -0.1) is 0 Å². The van der Waals surface area contributed by atoms with Crippen molar-refractivity contribution in [3.63, 3.8) is 0 Å². The molecule has 1 fully saturated rings. The standard InChI is InChI=1S/C12H21N5O/c1-7-4-5-17(6-9(7)18)12-10(11(13)14)8(2)15-16(12)3/h7,9,18H,4-6H2,1-3H3,(H3,13,14). The van der Waals surface area contributed by atoms with Gasteiger partial charge in [0.15, 0.2) is 0 Å². The molecule has 0 radical (unpaired) electrons. The van der Waals surface area contributed by atoms with E-state index in [0.29, 0.717) is 18.0 Å². The van der Waals surface area contributed by atoms with Gasteiger partial charge in [-0.05, 0) is 19.3 Å². The molecule has 1 saturated heterocycles. The van der Waals surface area contributed by atoms with E-state index in [9.17, 15) is 5.11 Å². The lowest BCUT2D eigenvalue weighted by molar-refractivity contribution is 0.102. The zero-order valence-electron chi connectivity index (χ0n) is 11.1. The molecule has 1 aromatic heterocycles. The maximum absolute atomic E-state index is 9.98. The van der Waals surface area contributed by atoms with Crippen molar-refractivity contribution < 1.29 is 5.11 Å². The fourth-order valence-electron chi connectivity index (χ4n) is 2.57. The second kappa shape index (κ2) is 4.61. The zero-order valence-corrected chi connectivity index (χ0v) is 11.1. The van der Waals surface area contributed by atoms with E-state index in [2.05, 4.69) is 16.9 Å². The molecular formula is C12H21N5O. The molecule has 18 heavy (non-hydrogen) atoms. The molecule has 6 heteroatoms. The van der Waals surface area contributed by atoms with Crippen molar-refractivity contribution in [3.05, 3.63) is 11.3 Å². The SMILES string of the molecule is Cc1nn(C)c(N2CCC(C)C(O)C2)c1C(=N)N. The number of nitrogens with two attached hydrogens (primary N) is 1. The van der Waals surface area contributed by atoms with Crippen molar-refractivity contribution in [2.75, 3.05) is 18.0 Å². The van der Waals surface area contributed by atoms with Crippen LogP contribution >= 0.6 is 0 Å². The van der Waals surface area contributed by atoms with Crippen LogP contribution in [0.25, 0.3) is 0 Å². The molecule has 0 aliphatic carbocycles. The van der Waals surface area contributed by atoms with Crippen LogP contribution in [0.15, 0.2) is 0 Å². The molecule has 2 rings (SSSR count). The third kappa shape index (κ3) is 2.08. The van der Waals surface area contributed by atoms with Gasteiger partial charge >= 0.3 is 0 Å². The highest BCUT2D eigenvalue weighted by Crippen LogP contribution is 2.27. The predicted octanol–water partition coefficient (Wildman–Crippen LogP) is 0.220. The monoisotopic (exact) mass is 251 g/mol. The number of aliphatic hydroxyl groups is 1. The number of hydrogen-bond acceptors (Lipinski definition) is 4. The van der Waals surface area contributed by atoms with Crippen LogP contribution < -0.4 is 10.6 Å². The topological polar surface area (TPSA) is 91.2 Å². The highest BCUT2D eigenvalue weighted by Gasteiger charge is 2.29. The molecule has 100 valence electrons. The Morgan fingerprint density at radius 2 is 2.22 bits per heavy atom. The van der Waals surface area contributed by atoms with Gasteiger partial charge in [-0.1, -0.05) is 6.92 Å². The lowest BCUT2D eigenvalue weighted by Gasteiger charge is -2.36. The first kappa shape index (κ1) is 12.9. The molecular weight excluding hydrogens is 230 g/mol. The number of piperidine rings is 1. The van der Waals surface area contributed by atoms with Crippen molar-refractivity contribution in [1.29, 1.82) is 5.41 Å². The van der Waals surface area contributed by atoms with E-state index in [1.807, 2.05) is 14.0 Å². The first-order valence-electron chi connectivity index (χ1n) is 6.22. The number of nitrogens with one attached hydrogen (secondary N) is 1. The Kier molecular flexibility index (Phi) is 3.30. The molecule has 0 spiro atoms. The molecule has 6 nitrogen and oxygen atoms in total. The van der Waals surface area contributed by atoms with Gasteiger partial charge < -0.3 is 15.7 Å². The third-order valence-corrected chi connectivity index (χ3v) is 3.68. The summed E-state index contributed by atoms with van der Waals surface area (Å²) in [4.78, 5) is 2.07. The second-order valence-corrected chi connectivity index (χ2v) is 5.10. The molecule has 1 aliphatic heterocycles. The average molecular weight is 251 g/mol. The third-order valence-electron chi connectivity index (χ3n) is 3.68. The van der Waals surface area contributed by atoms with E-state index in [0.717, 1.165) is 24.5 Å². The maximum Gasteiger partial charge on any atom is 0.137 e. The van der Waals surface area contributed by atoms with Crippen LogP contribution in [0.3, 0.4) is 0 Å². The summed E-state index contributed by atoms with van der Waals surface area (Å²) in [7, 11) is 1.85. The van der Waals surface area contributed by atoms with E-state index in [1.54, 1.807) is 4.68 Å². The fraction of sp³-hybridized carbons (Fsp3) is 0.667. The first-order valence-corrected chi connectivity index (χ1v) is 6.22. The highest BCUT2D eigenvalue weighted by molar-refractivity contribution is 6.00. The van der Waals surface area contributed by atoms with Gasteiger partial charge in [0.2, 0.25) is 0 Å². The summed E-state index contributed by atoms with van der Waals surface area (Å²) in [5, 5.41) is 22.0. The maximum atomic E-state index is 9.98. The molecule has 4 N–H and O–H groups in total. The van der Waals surface area contributed by atoms with Crippen LogP contribution in [0.4, 0.5) is 5.82 Å². The number of hydrogen-bond donors (Lipinski definition) is 3. The Balaban J connectivity index is 2.36. The Morgan fingerprint density at radius 3 is 2.78 bits per heavy atom. The van der Waals surface area contributed by atoms with E-state index in [1.165, 1.54) is 0 Å². The van der Waals surface area contributed by atoms with E-state index in [-0.39, 0.29) is 11.9 Å². The number of β-amino-alcohol motifs (C(OH)–C–C–N with tert-alkyl or cyclic N) is 1. The molecule has 2 atom stereocenters. The molecule has 0 aromatic carbocycles. The van der Waals surface area contributed by atoms with E-state index >= 15 is 0 Å². The van der Waals surface area contributed by atoms with Crippen LogP contribution in [0.5, 0.6) is 0 Å². The lowest BCUT2D eigenvalue weighted by atomic mass is 9.96. The highest BCUT2D eigenvalue weighted by atomic mass is 16.3. The average Bonchev–Trinajstić information content (AvgIpc) is 2.57. The van der Waals surface area contributed by atoms with Gasteiger partial charge in [0.1, 0.15) is 11.7 Å². The minimum Gasteiger partial charge on any atom is -0.391 e. The predicted molar refractivity (Wildman–Crippen MR) is 71.0 cm³/mol. The first-order chi connectivity index (χ1) is 8.41. The van der Waals surface area contributed by atoms with Crippen molar-refractivity contribution in [1.82, 2.24) is 9.78 Å². The molecule has 1 aliphatic rings. The van der Waals surface area contributed by atoms with Crippen molar-refractivity contribution >= 4 is 11.7 Å². The summed E-state index contributed by atoms with van der Waals surface area (Å²) >= 11 is 0. The van der Waals surface area contributed by atoms with E-state index < -0.39 is 0 Å². The largest absolute Gasteiger partial charge is 0.391 e. The van der Waals surface area contributed by atoms with Crippen LogP contribution in [0.2, 0.25) is 0 Å². The van der Waals surface area contributed by atoms with Gasteiger partial charge in [0, 0.05) is 20.1 Å². The number of nitrogen functional groups attached to an aromatic ring is 1. The number of aromatic nitrogens is 2. The minimum atomic E-state index is -0.339. The Labute approximate surface area is 107 Å². The van der Waals surface area contributed by atoms with Crippen molar-refractivity contribution in [2.24, 2.45) is 18.7 Å². The summed E-state index contributed by atoms with van der Waals surface area (Å²) in [6.07, 6.45) is 0.594. The zero-order chi connectivity index (χ0) is 13.4. The van der Waals surface area contributed by atoms with Crippen LogP contribution in [0.1, 0.15) is 24.6 Å². The fourth-order valence-corrected chi connectivity index (χ4v) is 2.57. The summed E-state index contributed by atoms with van der Waals surface area (Å²) < 4.78 is 1.74. The summed E-state index contributed by atoms with van der Waals surface area (Å²) in [5.74, 6) is 1.19. The van der Waals surface area contributed by atoms with Crippen molar-refractivity contribution in [3.8, 4) is 0 Å². The molecule has 1 aromatic rings. The van der Waals surface area contributed by atoms with E-state index in [4.69, 9.17) is 11.1 Å². The number of amidine groups is 1. The molecule has 0 amide bonds. The van der Waals surface area contributed by atoms with Gasteiger partial charge in [0.25, 0.3) is 0 Å². The van der Waals surface area contributed by atoms with Gasteiger partial charge in [-0.2, -0.15) is 5.10 Å². The van der Waals surface area contributed by atoms with Crippen molar-refractivity contribution in [2.45, 2.75) is 26.4 Å². The van der Waals surface area contributed by atoms with Gasteiger partial charge in [0.05, 0.1) is 17.4 Å². The smallest absolute Gasteiger partial charge is 0.137 e. The molecule has 2 unspecified atom stereocenters. The quantitative estimate of drug-likeness (QED) is 0.518. The van der Waals surface area contributed by atoms with Gasteiger partial charge in [-0.25, -0.2) is 0 Å². The van der Waals surface area contributed by atoms with Gasteiger partial charge in [-0.3, -0.25) is 10.1 Å². The van der Waals surface area contributed by atoms with Crippen LogP contribution in [-0.4, -0.2) is 39.9 Å². The minimum absolute atomic E-state index is 0.0312. The lowest BCUT2D eigenvalue weighted by Crippen LogP contribution is -2.44. The molecule has 0 bridgehead atoms. The van der Waals surface area contributed by atoms with Crippen LogP contribution in [0, 0.1) is 18.3 Å². The number of rotatable bonds is 2. The summed E-state index contributed by atoms with van der Waals surface area (Å²) in [6.45, 7) is 5.34. The number of anilines is 1. The Hall–Kier alpha value is -1.56. The Bertz CT molecular complexity index is 467.